The number of hydrogen-bond acceptors (Lipinski definition) is 5. The van der Waals surface area contributed by atoms with Crippen LogP contribution in [0.5, 0.6) is 5.75 Å². The number of halogens is 1. The van der Waals surface area contributed by atoms with Gasteiger partial charge in [0.05, 0.1) is 25.9 Å². The minimum atomic E-state index is -0.525. The monoisotopic (exact) mass is 512 g/mol. The molecule has 7 nitrogen and oxygen atoms in total. The minimum Gasteiger partial charge on any atom is -0.493 e. The van der Waals surface area contributed by atoms with Gasteiger partial charge in [-0.05, 0) is 68.1 Å². The molecule has 0 spiro atoms. The summed E-state index contributed by atoms with van der Waals surface area (Å²) in [4.78, 5) is 18.4. The maximum atomic E-state index is 13.0. The summed E-state index contributed by atoms with van der Waals surface area (Å²) < 4.78 is 23.0. The summed E-state index contributed by atoms with van der Waals surface area (Å²) in [6, 6.07) is 13.5. The molecule has 36 heavy (non-hydrogen) atoms. The second-order valence-electron chi connectivity index (χ2n) is 9.82. The summed E-state index contributed by atoms with van der Waals surface area (Å²) in [6.45, 7) is 7.92. The summed E-state index contributed by atoms with van der Waals surface area (Å²) in [5.41, 5.74) is 4.20. The van der Waals surface area contributed by atoms with Crippen LogP contribution in [0, 0.1) is 0 Å². The fourth-order valence-corrected chi connectivity index (χ4v) is 5.21. The first-order valence-corrected chi connectivity index (χ1v) is 13.0. The van der Waals surface area contributed by atoms with E-state index >= 15 is 0 Å². The molecule has 0 aliphatic carbocycles. The predicted molar refractivity (Wildman–Crippen MR) is 139 cm³/mol. The lowest BCUT2D eigenvalue weighted by atomic mass is 9.92. The summed E-state index contributed by atoms with van der Waals surface area (Å²) in [5, 5.41) is 1.80. The number of hydrogen-bond donors (Lipinski definition) is 1. The molecule has 2 atom stereocenters. The average Bonchev–Trinajstić information content (AvgIpc) is 3.41. The number of carbonyl (C=O) groups is 1. The molecule has 0 radical (unpaired) electrons. The van der Waals surface area contributed by atoms with E-state index in [-0.39, 0.29) is 18.2 Å². The number of carbonyl (C=O) groups excluding carboxylic acids is 1. The topological polar surface area (TPSA) is 73.0 Å². The minimum absolute atomic E-state index is 0.0399. The zero-order chi connectivity index (χ0) is 25.3. The molecular formula is C28H33ClN2O5. The average molecular weight is 513 g/mol. The molecule has 192 valence electrons. The number of benzene rings is 2. The van der Waals surface area contributed by atoms with Crippen LogP contribution in [0.2, 0.25) is 5.02 Å². The van der Waals surface area contributed by atoms with E-state index in [0.29, 0.717) is 31.4 Å². The summed E-state index contributed by atoms with van der Waals surface area (Å²) in [5.74, 6) is 0.250. The predicted octanol–water partition coefficient (Wildman–Crippen LogP) is 6.24. The van der Waals surface area contributed by atoms with Crippen LogP contribution >= 0.6 is 11.6 Å². The molecule has 1 saturated heterocycles. The van der Waals surface area contributed by atoms with Crippen molar-refractivity contribution in [1.29, 1.82) is 0 Å². The van der Waals surface area contributed by atoms with Crippen LogP contribution in [-0.4, -0.2) is 54.2 Å². The molecule has 0 bridgehead atoms. The van der Waals surface area contributed by atoms with E-state index in [4.69, 9.17) is 30.5 Å². The Hall–Kier alpha value is -2.74. The molecular weight excluding hydrogens is 480 g/mol. The number of H-pyrrole nitrogens is 1. The Morgan fingerprint density at radius 1 is 1.19 bits per heavy atom. The molecule has 3 heterocycles. The Balaban J connectivity index is 1.36. The molecule has 2 aromatic carbocycles. The van der Waals surface area contributed by atoms with E-state index in [9.17, 15) is 4.79 Å². The fraction of sp³-hybridized carbons (Fsp3) is 0.464. The van der Waals surface area contributed by atoms with Crippen LogP contribution < -0.4 is 4.74 Å². The van der Waals surface area contributed by atoms with Gasteiger partial charge in [-0.2, -0.15) is 0 Å². The van der Waals surface area contributed by atoms with Crippen LogP contribution in [0.25, 0.3) is 10.9 Å². The van der Waals surface area contributed by atoms with Gasteiger partial charge in [0.15, 0.2) is 5.79 Å². The molecule has 0 saturated carbocycles. The zero-order valence-electron chi connectivity index (χ0n) is 21.0. The van der Waals surface area contributed by atoms with Crippen LogP contribution in [0.1, 0.15) is 56.5 Å². The van der Waals surface area contributed by atoms with Gasteiger partial charge in [-0.1, -0.05) is 30.7 Å². The van der Waals surface area contributed by atoms with Crippen molar-refractivity contribution in [3.05, 3.63) is 64.3 Å². The molecule has 5 rings (SSSR count). The van der Waals surface area contributed by atoms with Gasteiger partial charge in [0, 0.05) is 34.6 Å². The van der Waals surface area contributed by atoms with Gasteiger partial charge in [-0.3, -0.25) is 4.90 Å². The van der Waals surface area contributed by atoms with Crippen LogP contribution in [-0.2, 0) is 20.6 Å². The Morgan fingerprint density at radius 2 is 2.00 bits per heavy atom. The highest BCUT2D eigenvalue weighted by Crippen LogP contribution is 2.39. The standard InChI is InChI=1S/C28H33ClN2O5/c1-4-14-34-27(32)31-13-11-22-23-16-19(29)7-10-24(23)30-25(22)26(31)18-5-8-20(9-6-18)33-15-12-21-17-35-28(2,3)36-21/h5-10,16,21,26,30H,4,11-15,17H2,1-3H3/t21-,26?/m0/s1. The molecule has 2 aliphatic heterocycles. The molecule has 3 aromatic rings. The van der Waals surface area contributed by atoms with Crippen molar-refractivity contribution in [2.75, 3.05) is 26.4 Å². The molecule has 2 aliphatic rings. The number of aromatic amines is 1. The first-order chi connectivity index (χ1) is 17.3. The number of ether oxygens (including phenoxy) is 4. The molecule has 1 aromatic heterocycles. The number of amides is 1. The van der Waals surface area contributed by atoms with Crippen LogP contribution in [0.4, 0.5) is 4.79 Å². The van der Waals surface area contributed by atoms with Gasteiger partial charge < -0.3 is 23.9 Å². The van der Waals surface area contributed by atoms with Gasteiger partial charge >= 0.3 is 6.09 Å². The number of rotatable bonds is 7. The number of aromatic nitrogens is 1. The lowest BCUT2D eigenvalue weighted by molar-refractivity contribution is -0.139. The summed E-state index contributed by atoms with van der Waals surface area (Å²) >= 11 is 6.30. The first kappa shape index (κ1) is 24.9. The van der Waals surface area contributed by atoms with E-state index in [1.165, 1.54) is 5.56 Å². The summed E-state index contributed by atoms with van der Waals surface area (Å²) in [7, 11) is 0. The Kier molecular flexibility index (Phi) is 7.15. The highest BCUT2D eigenvalue weighted by molar-refractivity contribution is 6.31. The Bertz CT molecular complexity index is 1220. The Labute approximate surface area is 216 Å². The highest BCUT2D eigenvalue weighted by Gasteiger charge is 2.36. The third kappa shape index (κ3) is 5.19. The van der Waals surface area contributed by atoms with Gasteiger partial charge in [0.1, 0.15) is 11.8 Å². The molecule has 1 fully saturated rings. The van der Waals surface area contributed by atoms with Gasteiger partial charge in [-0.15, -0.1) is 0 Å². The van der Waals surface area contributed by atoms with Gasteiger partial charge in [0.25, 0.3) is 0 Å². The van der Waals surface area contributed by atoms with Crippen molar-refractivity contribution in [3.8, 4) is 5.75 Å². The second-order valence-corrected chi connectivity index (χ2v) is 10.3. The molecule has 1 unspecified atom stereocenters. The third-order valence-corrected chi connectivity index (χ3v) is 6.96. The van der Waals surface area contributed by atoms with E-state index in [2.05, 4.69) is 4.98 Å². The lowest BCUT2D eigenvalue weighted by Gasteiger charge is -2.35. The fourth-order valence-electron chi connectivity index (χ4n) is 5.04. The van der Waals surface area contributed by atoms with Crippen molar-refractivity contribution < 1.29 is 23.7 Å². The number of fused-ring (bicyclic) bond motifs is 3. The molecule has 1 N–H and O–H groups in total. The molecule has 1 amide bonds. The third-order valence-electron chi connectivity index (χ3n) is 6.72. The van der Waals surface area contributed by atoms with Crippen molar-refractivity contribution in [2.24, 2.45) is 0 Å². The largest absolute Gasteiger partial charge is 0.493 e. The van der Waals surface area contributed by atoms with E-state index in [1.807, 2.05) is 68.1 Å². The van der Waals surface area contributed by atoms with Gasteiger partial charge in [-0.25, -0.2) is 4.79 Å². The number of nitrogens with zero attached hydrogens (tertiary/aromatic N) is 1. The second kappa shape index (κ2) is 10.3. The van der Waals surface area contributed by atoms with Crippen molar-refractivity contribution >= 4 is 28.6 Å². The maximum absolute atomic E-state index is 13.0. The van der Waals surface area contributed by atoms with Gasteiger partial charge in [0.2, 0.25) is 0 Å². The quantitative estimate of drug-likeness (QED) is 0.406. The van der Waals surface area contributed by atoms with Crippen LogP contribution in [0.3, 0.4) is 0 Å². The normalized spacial score (nSPS) is 20.9. The Morgan fingerprint density at radius 3 is 2.72 bits per heavy atom. The van der Waals surface area contributed by atoms with Crippen LogP contribution in [0.15, 0.2) is 42.5 Å². The van der Waals surface area contributed by atoms with Crippen molar-refractivity contribution in [2.45, 2.75) is 58.0 Å². The molecule has 8 heteroatoms. The SMILES string of the molecule is CCCOC(=O)N1CCc2c([nH]c3ccc(Cl)cc23)C1c1ccc(OCC[C@H]2COC(C)(C)O2)cc1. The smallest absolute Gasteiger partial charge is 0.410 e. The summed E-state index contributed by atoms with van der Waals surface area (Å²) in [6.07, 6.45) is 2.01. The van der Waals surface area contributed by atoms with E-state index in [1.54, 1.807) is 0 Å². The number of nitrogens with one attached hydrogen (secondary N) is 1. The van der Waals surface area contributed by atoms with Crippen molar-refractivity contribution in [1.82, 2.24) is 9.88 Å². The van der Waals surface area contributed by atoms with E-state index < -0.39 is 5.79 Å². The van der Waals surface area contributed by atoms with E-state index in [0.717, 1.165) is 47.2 Å². The maximum Gasteiger partial charge on any atom is 0.410 e. The van der Waals surface area contributed by atoms with Crippen molar-refractivity contribution in [3.63, 3.8) is 0 Å². The zero-order valence-corrected chi connectivity index (χ0v) is 21.8. The first-order valence-electron chi connectivity index (χ1n) is 12.6. The highest BCUT2D eigenvalue weighted by atomic mass is 35.5. The lowest BCUT2D eigenvalue weighted by Crippen LogP contribution is -2.41.